The zero-order chi connectivity index (χ0) is 11.1. The lowest BCUT2D eigenvalue weighted by Gasteiger charge is -2.19. The topological polar surface area (TPSA) is 58.4 Å². The quantitative estimate of drug-likeness (QED) is 0.721. The van der Waals surface area contributed by atoms with Gasteiger partial charge in [-0.3, -0.25) is 0 Å². The summed E-state index contributed by atoms with van der Waals surface area (Å²) in [6, 6.07) is -0.0691. The minimum Gasteiger partial charge on any atom is -0.337 e. The van der Waals surface area contributed by atoms with Crippen LogP contribution < -0.4 is 11.1 Å². The van der Waals surface area contributed by atoms with Crippen LogP contribution >= 0.6 is 0 Å². The first-order chi connectivity index (χ1) is 7.24. The van der Waals surface area contributed by atoms with Crippen LogP contribution in [0.5, 0.6) is 0 Å². The Kier molecular flexibility index (Phi) is 4.90. The first-order valence-corrected chi connectivity index (χ1v) is 5.28. The Bertz CT molecular complexity index is 271. The predicted molar refractivity (Wildman–Crippen MR) is 61.5 cm³/mol. The number of carbonyl (C=O) groups excluding carboxylic acids is 1. The van der Waals surface area contributed by atoms with Gasteiger partial charge in [0.2, 0.25) is 0 Å². The molecule has 0 fully saturated rings. The van der Waals surface area contributed by atoms with E-state index in [9.17, 15) is 4.79 Å². The van der Waals surface area contributed by atoms with Gasteiger partial charge >= 0.3 is 6.03 Å². The third kappa shape index (κ3) is 4.16. The van der Waals surface area contributed by atoms with Crippen LogP contribution in [0.3, 0.4) is 0 Å². The van der Waals surface area contributed by atoms with Gasteiger partial charge in [-0.1, -0.05) is 18.2 Å². The molecule has 1 aliphatic carbocycles. The molecule has 0 unspecified atom stereocenters. The number of hydrogen-bond acceptors (Lipinski definition) is 2. The summed E-state index contributed by atoms with van der Waals surface area (Å²) in [7, 11) is 1.79. The van der Waals surface area contributed by atoms with Crippen LogP contribution in [0.4, 0.5) is 4.79 Å². The van der Waals surface area contributed by atoms with E-state index in [1.165, 1.54) is 5.57 Å². The Labute approximate surface area is 90.8 Å². The molecule has 0 bridgehead atoms. The lowest BCUT2D eigenvalue weighted by atomic mass is 10.1. The van der Waals surface area contributed by atoms with Gasteiger partial charge in [0.1, 0.15) is 0 Å². The number of carbonyl (C=O) groups is 1. The summed E-state index contributed by atoms with van der Waals surface area (Å²) < 4.78 is 0. The molecule has 1 rings (SSSR count). The fraction of sp³-hybridized carbons (Fsp3) is 0.545. The Balaban J connectivity index is 2.34. The predicted octanol–water partition coefficient (Wildman–Crippen LogP) is 0.863. The van der Waals surface area contributed by atoms with E-state index in [1.54, 1.807) is 11.9 Å². The number of nitrogens with one attached hydrogen (secondary N) is 1. The van der Waals surface area contributed by atoms with E-state index in [-0.39, 0.29) is 6.03 Å². The van der Waals surface area contributed by atoms with E-state index in [4.69, 9.17) is 5.73 Å². The number of likely N-dealkylation sites (N-methyl/N-ethyl adjacent to an activating group) is 1. The molecule has 0 spiro atoms. The van der Waals surface area contributed by atoms with Gasteiger partial charge < -0.3 is 16.0 Å². The summed E-state index contributed by atoms with van der Waals surface area (Å²) in [4.78, 5) is 13.1. The standard InChI is InChI=1S/C11H19N3O/c1-14(11(15)13-8-7-12)9-10-5-3-2-4-6-10/h3,5-6H,2,4,7-9,12H2,1H3,(H,13,15). The summed E-state index contributed by atoms with van der Waals surface area (Å²) in [5.41, 5.74) is 6.51. The monoisotopic (exact) mass is 209 g/mol. The van der Waals surface area contributed by atoms with E-state index < -0.39 is 0 Å². The highest BCUT2D eigenvalue weighted by Gasteiger charge is 2.08. The van der Waals surface area contributed by atoms with Gasteiger partial charge in [0.05, 0.1) is 0 Å². The molecule has 0 saturated carbocycles. The number of nitrogens with zero attached hydrogens (tertiary/aromatic N) is 1. The normalized spacial score (nSPS) is 14.7. The average Bonchev–Trinajstić information content (AvgIpc) is 2.27. The minimum atomic E-state index is -0.0691. The molecule has 3 N–H and O–H groups in total. The highest BCUT2D eigenvalue weighted by molar-refractivity contribution is 5.74. The summed E-state index contributed by atoms with van der Waals surface area (Å²) in [5.74, 6) is 0. The highest BCUT2D eigenvalue weighted by atomic mass is 16.2. The summed E-state index contributed by atoms with van der Waals surface area (Å²) in [6.45, 7) is 1.66. The van der Waals surface area contributed by atoms with Crippen molar-refractivity contribution >= 4 is 6.03 Å². The first-order valence-electron chi connectivity index (χ1n) is 5.28. The Morgan fingerprint density at radius 3 is 3.00 bits per heavy atom. The van der Waals surface area contributed by atoms with Gasteiger partial charge in [0.25, 0.3) is 0 Å². The maximum atomic E-state index is 11.5. The number of hydrogen-bond donors (Lipinski definition) is 2. The SMILES string of the molecule is CN(CC1=CCCC=C1)C(=O)NCCN. The third-order valence-corrected chi connectivity index (χ3v) is 2.26. The van der Waals surface area contributed by atoms with E-state index in [2.05, 4.69) is 23.5 Å². The van der Waals surface area contributed by atoms with Crippen molar-refractivity contribution in [1.82, 2.24) is 10.2 Å². The van der Waals surface area contributed by atoms with Gasteiger partial charge in [-0.05, 0) is 18.4 Å². The number of nitrogens with two attached hydrogens (primary N) is 1. The second kappa shape index (κ2) is 6.24. The smallest absolute Gasteiger partial charge is 0.317 e. The van der Waals surface area contributed by atoms with Crippen molar-refractivity contribution < 1.29 is 4.79 Å². The summed E-state index contributed by atoms with van der Waals surface area (Å²) >= 11 is 0. The number of urea groups is 1. The molecule has 4 nitrogen and oxygen atoms in total. The van der Waals surface area contributed by atoms with E-state index >= 15 is 0 Å². The van der Waals surface area contributed by atoms with Crippen molar-refractivity contribution in [3.8, 4) is 0 Å². The second-order valence-corrected chi connectivity index (χ2v) is 3.64. The Morgan fingerprint density at radius 1 is 1.60 bits per heavy atom. The summed E-state index contributed by atoms with van der Waals surface area (Å²) in [5, 5.41) is 2.73. The van der Waals surface area contributed by atoms with E-state index in [0.717, 1.165) is 12.8 Å². The molecule has 15 heavy (non-hydrogen) atoms. The molecule has 2 amide bonds. The lowest BCUT2D eigenvalue weighted by molar-refractivity contribution is 0.213. The largest absolute Gasteiger partial charge is 0.337 e. The molecular formula is C11H19N3O. The van der Waals surface area contributed by atoms with Crippen LogP contribution in [0, 0.1) is 0 Å². The van der Waals surface area contributed by atoms with Gasteiger partial charge in [0.15, 0.2) is 0 Å². The third-order valence-electron chi connectivity index (χ3n) is 2.26. The van der Waals surface area contributed by atoms with Gasteiger partial charge in [-0.2, -0.15) is 0 Å². The van der Waals surface area contributed by atoms with Gasteiger partial charge in [-0.15, -0.1) is 0 Å². The fourth-order valence-corrected chi connectivity index (χ4v) is 1.44. The zero-order valence-electron chi connectivity index (χ0n) is 9.20. The van der Waals surface area contributed by atoms with Crippen molar-refractivity contribution in [3.63, 3.8) is 0 Å². The average molecular weight is 209 g/mol. The zero-order valence-corrected chi connectivity index (χ0v) is 9.20. The number of allylic oxidation sites excluding steroid dienone is 2. The van der Waals surface area contributed by atoms with Crippen molar-refractivity contribution in [1.29, 1.82) is 0 Å². The van der Waals surface area contributed by atoms with Crippen LogP contribution in [0.25, 0.3) is 0 Å². The van der Waals surface area contributed by atoms with E-state index in [1.807, 2.05) is 0 Å². The molecule has 0 aromatic heterocycles. The van der Waals surface area contributed by atoms with Crippen molar-refractivity contribution in [2.45, 2.75) is 12.8 Å². The van der Waals surface area contributed by atoms with Crippen LogP contribution in [-0.2, 0) is 0 Å². The van der Waals surface area contributed by atoms with Crippen LogP contribution in [0.2, 0.25) is 0 Å². The molecule has 0 aromatic rings. The fourth-order valence-electron chi connectivity index (χ4n) is 1.44. The molecule has 0 heterocycles. The van der Waals surface area contributed by atoms with E-state index in [0.29, 0.717) is 19.6 Å². The molecule has 0 atom stereocenters. The highest BCUT2D eigenvalue weighted by Crippen LogP contribution is 2.10. The van der Waals surface area contributed by atoms with Crippen molar-refractivity contribution in [3.05, 3.63) is 23.8 Å². The molecule has 0 aliphatic heterocycles. The molecule has 0 saturated heterocycles. The summed E-state index contributed by atoms with van der Waals surface area (Å²) in [6.07, 6.45) is 8.57. The first kappa shape index (κ1) is 11.8. The maximum Gasteiger partial charge on any atom is 0.317 e. The minimum absolute atomic E-state index is 0.0691. The van der Waals surface area contributed by atoms with Gasteiger partial charge in [-0.25, -0.2) is 4.79 Å². The Morgan fingerprint density at radius 2 is 2.40 bits per heavy atom. The number of rotatable bonds is 4. The van der Waals surface area contributed by atoms with Crippen molar-refractivity contribution in [2.24, 2.45) is 5.73 Å². The molecule has 4 heteroatoms. The van der Waals surface area contributed by atoms with Crippen LogP contribution in [0.1, 0.15) is 12.8 Å². The number of amides is 2. The molecule has 1 aliphatic rings. The molecule has 0 radical (unpaired) electrons. The Hall–Kier alpha value is -1.29. The van der Waals surface area contributed by atoms with Crippen LogP contribution in [0.15, 0.2) is 23.8 Å². The molecule has 84 valence electrons. The molecular weight excluding hydrogens is 190 g/mol. The van der Waals surface area contributed by atoms with Gasteiger partial charge in [0, 0.05) is 26.7 Å². The molecule has 0 aromatic carbocycles. The second-order valence-electron chi connectivity index (χ2n) is 3.64. The van der Waals surface area contributed by atoms with Crippen LogP contribution in [-0.4, -0.2) is 37.6 Å². The maximum absolute atomic E-state index is 11.5. The lowest BCUT2D eigenvalue weighted by Crippen LogP contribution is -2.40. The van der Waals surface area contributed by atoms with Crippen molar-refractivity contribution in [2.75, 3.05) is 26.7 Å².